The van der Waals surface area contributed by atoms with E-state index in [-0.39, 0.29) is 18.0 Å². The zero-order valence-corrected chi connectivity index (χ0v) is 17.0. The molecule has 1 amide bonds. The molecule has 0 saturated carbocycles. The van der Waals surface area contributed by atoms with Crippen LogP contribution in [0.4, 0.5) is 5.82 Å². The molecule has 0 unspecified atom stereocenters. The number of rotatable bonds is 4. The molecule has 29 heavy (non-hydrogen) atoms. The van der Waals surface area contributed by atoms with Gasteiger partial charge in [-0.15, -0.1) is 0 Å². The summed E-state index contributed by atoms with van der Waals surface area (Å²) in [6.07, 6.45) is 1.58. The van der Waals surface area contributed by atoms with Crippen molar-refractivity contribution in [1.82, 2.24) is 20.6 Å². The molecule has 0 spiro atoms. The summed E-state index contributed by atoms with van der Waals surface area (Å²) >= 11 is 12.0. The van der Waals surface area contributed by atoms with E-state index in [4.69, 9.17) is 23.2 Å². The fourth-order valence-corrected chi connectivity index (χ4v) is 3.93. The molecule has 7 nitrogen and oxygen atoms in total. The number of aromatic nitrogens is 2. The molecule has 1 saturated heterocycles. The molecule has 3 heterocycles. The first kappa shape index (κ1) is 19.7. The first-order valence-electron chi connectivity index (χ1n) is 9.19. The Morgan fingerprint density at radius 3 is 2.66 bits per heavy atom. The summed E-state index contributed by atoms with van der Waals surface area (Å²) in [5.41, 5.74) is 1.04. The number of carbonyl (C=O) groups is 1. The molecule has 1 aliphatic heterocycles. The summed E-state index contributed by atoms with van der Waals surface area (Å²) < 4.78 is 0. The molecule has 9 heteroatoms. The van der Waals surface area contributed by atoms with Gasteiger partial charge in [0.05, 0.1) is 0 Å². The van der Waals surface area contributed by atoms with Crippen molar-refractivity contribution in [2.75, 3.05) is 31.1 Å². The number of anilines is 1. The standard InChI is InChI=1S/C20H19Cl2N5O2/c21-13-8-12(9-14(22)10-13)11-25-20(29)17-18(28)16-15(2-1-3-24-16)19(26-17)27-6-4-23-5-7-27/h1-3,8-10,23,28H,4-7,11H2,(H,25,29). The highest BCUT2D eigenvalue weighted by Crippen LogP contribution is 2.32. The number of amides is 1. The number of nitrogens with one attached hydrogen (secondary N) is 2. The van der Waals surface area contributed by atoms with E-state index in [1.165, 1.54) is 0 Å². The number of piperazine rings is 1. The predicted molar refractivity (Wildman–Crippen MR) is 114 cm³/mol. The number of hydrogen-bond donors (Lipinski definition) is 3. The summed E-state index contributed by atoms with van der Waals surface area (Å²) in [4.78, 5) is 23.7. The molecule has 0 aliphatic carbocycles. The fourth-order valence-electron chi connectivity index (χ4n) is 3.36. The van der Waals surface area contributed by atoms with Gasteiger partial charge < -0.3 is 20.6 Å². The van der Waals surface area contributed by atoms with Crippen LogP contribution < -0.4 is 15.5 Å². The first-order valence-corrected chi connectivity index (χ1v) is 9.95. The van der Waals surface area contributed by atoms with Gasteiger partial charge in [0, 0.05) is 54.4 Å². The fraction of sp³-hybridized carbons (Fsp3) is 0.250. The molecule has 3 aromatic rings. The van der Waals surface area contributed by atoms with Gasteiger partial charge >= 0.3 is 0 Å². The third kappa shape index (κ3) is 4.22. The summed E-state index contributed by atoms with van der Waals surface area (Å²) in [7, 11) is 0. The van der Waals surface area contributed by atoms with Crippen LogP contribution in [0, 0.1) is 0 Å². The van der Waals surface area contributed by atoms with Crippen LogP contribution in [0.25, 0.3) is 10.9 Å². The van der Waals surface area contributed by atoms with Crippen molar-refractivity contribution in [3.05, 3.63) is 57.8 Å². The van der Waals surface area contributed by atoms with Crippen LogP contribution in [0.5, 0.6) is 5.75 Å². The first-order chi connectivity index (χ1) is 14.0. The summed E-state index contributed by atoms with van der Waals surface area (Å²) in [6.45, 7) is 3.35. The average Bonchev–Trinajstić information content (AvgIpc) is 2.72. The van der Waals surface area contributed by atoms with Crippen molar-refractivity contribution in [1.29, 1.82) is 0 Å². The van der Waals surface area contributed by atoms with Gasteiger partial charge in [0.1, 0.15) is 11.3 Å². The Morgan fingerprint density at radius 2 is 1.93 bits per heavy atom. The molecular weight excluding hydrogens is 413 g/mol. The lowest BCUT2D eigenvalue weighted by Gasteiger charge is -2.29. The van der Waals surface area contributed by atoms with Gasteiger partial charge in [-0.2, -0.15) is 0 Å². The van der Waals surface area contributed by atoms with Crippen LogP contribution in [0.15, 0.2) is 36.5 Å². The second-order valence-electron chi connectivity index (χ2n) is 6.73. The lowest BCUT2D eigenvalue weighted by Crippen LogP contribution is -2.44. The van der Waals surface area contributed by atoms with E-state index in [9.17, 15) is 9.90 Å². The van der Waals surface area contributed by atoms with Gasteiger partial charge in [-0.3, -0.25) is 9.78 Å². The van der Waals surface area contributed by atoms with E-state index in [0.29, 0.717) is 26.8 Å². The zero-order chi connectivity index (χ0) is 20.4. The highest BCUT2D eigenvalue weighted by molar-refractivity contribution is 6.34. The molecule has 2 aromatic heterocycles. The van der Waals surface area contributed by atoms with E-state index in [2.05, 4.69) is 25.5 Å². The van der Waals surface area contributed by atoms with Crippen LogP contribution in [-0.2, 0) is 6.54 Å². The number of halogens is 2. The van der Waals surface area contributed by atoms with Gasteiger partial charge in [-0.25, -0.2) is 4.98 Å². The maximum atomic E-state index is 12.8. The number of benzene rings is 1. The van der Waals surface area contributed by atoms with Crippen molar-refractivity contribution in [3.8, 4) is 5.75 Å². The number of fused-ring (bicyclic) bond motifs is 1. The smallest absolute Gasteiger partial charge is 0.274 e. The molecule has 0 atom stereocenters. The SMILES string of the molecule is O=C(NCc1cc(Cl)cc(Cl)c1)c1nc(N2CCNCC2)c2cccnc2c1O. The minimum Gasteiger partial charge on any atom is -0.504 e. The summed E-state index contributed by atoms with van der Waals surface area (Å²) in [6, 6.07) is 8.70. The van der Waals surface area contributed by atoms with Crippen molar-refractivity contribution < 1.29 is 9.90 Å². The number of carbonyl (C=O) groups excluding carboxylic acids is 1. The number of hydrogen-bond acceptors (Lipinski definition) is 6. The lowest BCUT2D eigenvalue weighted by atomic mass is 10.1. The molecule has 4 rings (SSSR count). The average molecular weight is 432 g/mol. The van der Waals surface area contributed by atoms with E-state index in [1.807, 2.05) is 6.07 Å². The predicted octanol–water partition coefficient (Wildman–Crippen LogP) is 2.98. The Kier molecular flexibility index (Phi) is 5.71. The van der Waals surface area contributed by atoms with Crippen molar-refractivity contribution >= 4 is 45.8 Å². The Balaban J connectivity index is 1.67. The van der Waals surface area contributed by atoms with Gasteiger partial charge in [0.2, 0.25) is 0 Å². The maximum absolute atomic E-state index is 12.8. The topological polar surface area (TPSA) is 90.4 Å². The molecule has 3 N–H and O–H groups in total. The van der Waals surface area contributed by atoms with E-state index < -0.39 is 5.91 Å². The third-order valence-electron chi connectivity index (χ3n) is 4.72. The van der Waals surface area contributed by atoms with Gasteiger partial charge in [0.15, 0.2) is 11.4 Å². The van der Waals surface area contributed by atoms with E-state index in [0.717, 1.165) is 31.7 Å². The zero-order valence-electron chi connectivity index (χ0n) is 15.5. The highest BCUT2D eigenvalue weighted by atomic mass is 35.5. The normalized spacial score (nSPS) is 14.2. The van der Waals surface area contributed by atoms with Crippen LogP contribution >= 0.6 is 23.2 Å². The van der Waals surface area contributed by atoms with Crippen LogP contribution in [0.2, 0.25) is 10.0 Å². The summed E-state index contributed by atoms with van der Waals surface area (Å²) in [5.74, 6) is -0.0907. The Hall–Kier alpha value is -2.61. The van der Waals surface area contributed by atoms with Crippen molar-refractivity contribution in [2.24, 2.45) is 0 Å². The highest BCUT2D eigenvalue weighted by Gasteiger charge is 2.23. The van der Waals surface area contributed by atoms with Gasteiger partial charge in [-0.05, 0) is 35.9 Å². The quantitative estimate of drug-likeness (QED) is 0.588. The summed E-state index contributed by atoms with van der Waals surface area (Å²) in [5, 5.41) is 18.4. The monoisotopic (exact) mass is 431 g/mol. The molecule has 0 bridgehead atoms. The van der Waals surface area contributed by atoms with E-state index in [1.54, 1.807) is 30.5 Å². The Labute approximate surface area is 177 Å². The van der Waals surface area contributed by atoms with Crippen molar-refractivity contribution in [2.45, 2.75) is 6.54 Å². The Bertz CT molecular complexity index is 1050. The maximum Gasteiger partial charge on any atom is 0.274 e. The van der Waals surface area contributed by atoms with E-state index >= 15 is 0 Å². The van der Waals surface area contributed by atoms with Crippen LogP contribution in [0.1, 0.15) is 16.1 Å². The number of pyridine rings is 2. The molecular formula is C20H19Cl2N5O2. The number of nitrogens with zero attached hydrogens (tertiary/aromatic N) is 3. The largest absolute Gasteiger partial charge is 0.504 e. The molecule has 1 aliphatic rings. The van der Waals surface area contributed by atoms with Crippen molar-refractivity contribution in [3.63, 3.8) is 0 Å². The lowest BCUT2D eigenvalue weighted by molar-refractivity contribution is 0.0943. The molecule has 1 fully saturated rings. The minimum absolute atomic E-state index is 0.0575. The molecule has 150 valence electrons. The van der Waals surface area contributed by atoms with Crippen LogP contribution in [0.3, 0.4) is 0 Å². The second kappa shape index (κ2) is 8.41. The third-order valence-corrected chi connectivity index (χ3v) is 5.16. The van der Waals surface area contributed by atoms with Gasteiger partial charge in [-0.1, -0.05) is 23.2 Å². The molecule has 0 radical (unpaired) electrons. The second-order valence-corrected chi connectivity index (χ2v) is 7.60. The van der Waals surface area contributed by atoms with Crippen LogP contribution in [-0.4, -0.2) is 47.2 Å². The van der Waals surface area contributed by atoms with Gasteiger partial charge in [0.25, 0.3) is 5.91 Å². The minimum atomic E-state index is -0.498. The molecule has 1 aromatic carbocycles. The Morgan fingerprint density at radius 1 is 1.21 bits per heavy atom. The number of aromatic hydroxyl groups is 1.